The van der Waals surface area contributed by atoms with E-state index in [0.717, 1.165) is 13.0 Å². The zero-order valence-electron chi connectivity index (χ0n) is 12.6. The summed E-state index contributed by atoms with van der Waals surface area (Å²) in [5, 5.41) is 5.64. The van der Waals surface area contributed by atoms with Gasteiger partial charge in [-0.2, -0.15) is 0 Å². The SMILES string of the molecule is CC(C)CCNc1cc(C(=O)Nc2ccccc2F)ncn1. The molecule has 5 nitrogen and oxygen atoms in total. The van der Waals surface area contributed by atoms with Gasteiger partial charge in [-0.25, -0.2) is 14.4 Å². The molecule has 2 aromatic rings. The number of halogens is 1. The van der Waals surface area contributed by atoms with Gasteiger partial charge in [-0.15, -0.1) is 0 Å². The van der Waals surface area contributed by atoms with Gasteiger partial charge in [-0.05, 0) is 24.5 Å². The lowest BCUT2D eigenvalue weighted by atomic mass is 10.1. The minimum Gasteiger partial charge on any atom is -0.370 e. The van der Waals surface area contributed by atoms with E-state index in [1.54, 1.807) is 18.2 Å². The van der Waals surface area contributed by atoms with Gasteiger partial charge < -0.3 is 10.6 Å². The third-order valence-corrected chi connectivity index (χ3v) is 3.05. The first kappa shape index (κ1) is 15.9. The maximum Gasteiger partial charge on any atom is 0.274 e. The monoisotopic (exact) mass is 302 g/mol. The van der Waals surface area contributed by atoms with Crippen molar-refractivity contribution in [3.05, 3.63) is 48.2 Å². The minimum atomic E-state index is -0.486. The maximum absolute atomic E-state index is 13.5. The Kier molecular flexibility index (Phi) is 5.41. The smallest absolute Gasteiger partial charge is 0.274 e. The zero-order chi connectivity index (χ0) is 15.9. The second-order valence-electron chi connectivity index (χ2n) is 5.33. The highest BCUT2D eigenvalue weighted by atomic mass is 19.1. The number of nitrogens with zero attached hydrogens (tertiary/aromatic N) is 2. The standard InChI is InChI=1S/C16H19FN4O/c1-11(2)7-8-18-15-9-14(19-10-20-15)16(22)21-13-6-4-3-5-12(13)17/h3-6,9-11H,7-8H2,1-2H3,(H,21,22)(H,18,19,20). The Balaban J connectivity index is 2.02. The zero-order valence-corrected chi connectivity index (χ0v) is 12.6. The van der Waals surface area contributed by atoms with Crippen LogP contribution in [-0.2, 0) is 0 Å². The molecule has 2 rings (SSSR count). The first-order valence-electron chi connectivity index (χ1n) is 7.18. The number of hydrogen-bond acceptors (Lipinski definition) is 4. The summed E-state index contributed by atoms with van der Waals surface area (Å²) < 4.78 is 13.5. The van der Waals surface area contributed by atoms with Crippen molar-refractivity contribution in [2.75, 3.05) is 17.2 Å². The van der Waals surface area contributed by atoms with Crippen molar-refractivity contribution in [1.29, 1.82) is 0 Å². The van der Waals surface area contributed by atoms with Gasteiger partial charge in [0.15, 0.2) is 0 Å². The van der Waals surface area contributed by atoms with Gasteiger partial charge in [0, 0.05) is 12.6 Å². The van der Waals surface area contributed by atoms with Gasteiger partial charge in [0.05, 0.1) is 5.69 Å². The number of para-hydroxylation sites is 1. The molecular formula is C16H19FN4O. The van der Waals surface area contributed by atoms with Crippen LogP contribution in [0, 0.1) is 11.7 Å². The first-order valence-corrected chi connectivity index (χ1v) is 7.18. The molecule has 22 heavy (non-hydrogen) atoms. The minimum absolute atomic E-state index is 0.125. The molecule has 0 bridgehead atoms. The number of anilines is 2. The average molecular weight is 302 g/mol. The second-order valence-corrected chi connectivity index (χ2v) is 5.33. The van der Waals surface area contributed by atoms with E-state index >= 15 is 0 Å². The summed E-state index contributed by atoms with van der Waals surface area (Å²) in [7, 11) is 0. The Bertz CT molecular complexity index is 646. The van der Waals surface area contributed by atoms with E-state index in [1.165, 1.54) is 18.5 Å². The molecule has 0 atom stereocenters. The molecule has 0 saturated carbocycles. The van der Waals surface area contributed by atoms with E-state index in [9.17, 15) is 9.18 Å². The molecule has 0 aliphatic heterocycles. The summed E-state index contributed by atoms with van der Waals surface area (Å²) in [5.74, 6) is 0.201. The van der Waals surface area contributed by atoms with E-state index in [-0.39, 0.29) is 11.4 Å². The topological polar surface area (TPSA) is 66.9 Å². The van der Waals surface area contributed by atoms with E-state index in [4.69, 9.17) is 0 Å². The summed E-state index contributed by atoms with van der Waals surface area (Å²) in [6.45, 7) is 5.03. The molecule has 0 saturated heterocycles. The highest BCUT2D eigenvalue weighted by molar-refractivity contribution is 6.03. The van der Waals surface area contributed by atoms with Crippen molar-refractivity contribution in [2.45, 2.75) is 20.3 Å². The van der Waals surface area contributed by atoms with E-state index in [2.05, 4.69) is 34.4 Å². The normalized spacial score (nSPS) is 10.5. The van der Waals surface area contributed by atoms with Crippen LogP contribution in [0.25, 0.3) is 0 Å². The Hall–Kier alpha value is -2.50. The summed E-state index contributed by atoms with van der Waals surface area (Å²) in [6.07, 6.45) is 2.31. The molecular weight excluding hydrogens is 283 g/mol. The van der Waals surface area contributed by atoms with Gasteiger partial charge in [0.1, 0.15) is 23.7 Å². The highest BCUT2D eigenvalue weighted by Crippen LogP contribution is 2.14. The van der Waals surface area contributed by atoms with E-state index in [1.807, 2.05) is 0 Å². The molecule has 6 heteroatoms. The van der Waals surface area contributed by atoms with Crippen LogP contribution < -0.4 is 10.6 Å². The van der Waals surface area contributed by atoms with E-state index in [0.29, 0.717) is 11.7 Å². The van der Waals surface area contributed by atoms with Crippen LogP contribution in [0.3, 0.4) is 0 Å². The molecule has 1 amide bonds. The van der Waals surface area contributed by atoms with Crippen LogP contribution in [0.5, 0.6) is 0 Å². The lowest BCUT2D eigenvalue weighted by Gasteiger charge is -2.09. The van der Waals surface area contributed by atoms with Crippen molar-refractivity contribution in [2.24, 2.45) is 5.92 Å². The number of carbonyl (C=O) groups is 1. The number of carbonyl (C=O) groups excluding carboxylic acids is 1. The Morgan fingerprint density at radius 2 is 2.05 bits per heavy atom. The van der Waals surface area contributed by atoms with Gasteiger partial charge in [-0.1, -0.05) is 26.0 Å². The molecule has 2 N–H and O–H groups in total. The van der Waals surface area contributed by atoms with Crippen molar-refractivity contribution in [1.82, 2.24) is 9.97 Å². The van der Waals surface area contributed by atoms with Crippen LogP contribution >= 0.6 is 0 Å². The molecule has 1 aromatic carbocycles. The number of aromatic nitrogens is 2. The number of benzene rings is 1. The van der Waals surface area contributed by atoms with Gasteiger partial charge >= 0.3 is 0 Å². The maximum atomic E-state index is 13.5. The van der Waals surface area contributed by atoms with Crippen LogP contribution in [0.1, 0.15) is 30.8 Å². The number of nitrogens with one attached hydrogen (secondary N) is 2. The molecule has 116 valence electrons. The lowest BCUT2D eigenvalue weighted by Crippen LogP contribution is -2.16. The van der Waals surface area contributed by atoms with Crippen molar-refractivity contribution < 1.29 is 9.18 Å². The summed E-state index contributed by atoms with van der Waals surface area (Å²) in [5.41, 5.74) is 0.311. The van der Waals surface area contributed by atoms with Crippen LogP contribution in [-0.4, -0.2) is 22.4 Å². The molecule has 1 heterocycles. The molecule has 0 aliphatic rings. The predicted molar refractivity (Wildman–Crippen MR) is 84.3 cm³/mol. The first-order chi connectivity index (χ1) is 10.6. The third-order valence-electron chi connectivity index (χ3n) is 3.05. The summed E-state index contributed by atoms with van der Waals surface area (Å²) >= 11 is 0. The number of hydrogen-bond donors (Lipinski definition) is 2. The van der Waals surface area contributed by atoms with Gasteiger partial charge in [0.2, 0.25) is 0 Å². The quantitative estimate of drug-likeness (QED) is 0.859. The van der Waals surface area contributed by atoms with Crippen LogP contribution in [0.15, 0.2) is 36.7 Å². The third kappa shape index (κ3) is 4.51. The average Bonchev–Trinajstić information content (AvgIpc) is 2.49. The Morgan fingerprint density at radius 3 is 2.77 bits per heavy atom. The number of rotatable bonds is 6. The summed E-state index contributed by atoms with van der Waals surface area (Å²) in [4.78, 5) is 20.1. The highest BCUT2D eigenvalue weighted by Gasteiger charge is 2.11. The van der Waals surface area contributed by atoms with Crippen LogP contribution in [0.4, 0.5) is 15.9 Å². The van der Waals surface area contributed by atoms with Gasteiger partial charge in [0.25, 0.3) is 5.91 Å². The largest absolute Gasteiger partial charge is 0.370 e. The molecule has 0 aliphatic carbocycles. The predicted octanol–water partition coefficient (Wildman–Crippen LogP) is 3.33. The Labute approximate surface area is 129 Å². The molecule has 0 radical (unpaired) electrons. The second kappa shape index (κ2) is 7.49. The summed E-state index contributed by atoms with van der Waals surface area (Å²) in [6, 6.07) is 7.55. The Morgan fingerprint density at radius 1 is 1.27 bits per heavy atom. The van der Waals surface area contributed by atoms with Gasteiger partial charge in [-0.3, -0.25) is 4.79 Å². The van der Waals surface area contributed by atoms with Crippen molar-refractivity contribution in [3.63, 3.8) is 0 Å². The van der Waals surface area contributed by atoms with Crippen molar-refractivity contribution >= 4 is 17.4 Å². The fourth-order valence-corrected chi connectivity index (χ4v) is 1.82. The van der Waals surface area contributed by atoms with Crippen molar-refractivity contribution in [3.8, 4) is 0 Å². The molecule has 0 fully saturated rings. The van der Waals surface area contributed by atoms with Crippen LogP contribution in [0.2, 0.25) is 0 Å². The van der Waals surface area contributed by atoms with E-state index < -0.39 is 11.7 Å². The fourth-order valence-electron chi connectivity index (χ4n) is 1.82. The lowest BCUT2D eigenvalue weighted by molar-refractivity contribution is 0.102. The molecule has 1 aromatic heterocycles. The fraction of sp³-hybridized carbons (Fsp3) is 0.312. The molecule has 0 spiro atoms. The molecule has 0 unspecified atom stereocenters. The number of amides is 1.